The van der Waals surface area contributed by atoms with Crippen LogP contribution in [0.4, 0.5) is 0 Å². The summed E-state index contributed by atoms with van der Waals surface area (Å²) in [5.74, 6) is 1.78. The van der Waals surface area contributed by atoms with E-state index in [2.05, 4.69) is 56.4 Å². The lowest BCUT2D eigenvalue weighted by molar-refractivity contribution is 0.481. The van der Waals surface area contributed by atoms with Crippen LogP contribution in [0.15, 0.2) is 42.5 Å². The molecule has 1 atom stereocenters. The number of ether oxygens (including phenoxy) is 1. The number of hydrogen-bond acceptors (Lipinski definition) is 2. The van der Waals surface area contributed by atoms with Crippen LogP contribution in [0.2, 0.25) is 0 Å². The highest BCUT2D eigenvalue weighted by atomic mass is 16.5. The maximum Gasteiger partial charge on any atom is 0.127 e. The fraction of sp³-hybridized carbons (Fsp3) is 0.333. The third-order valence-electron chi connectivity index (χ3n) is 3.47. The van der Waals surface area contributed by atoms with Gasteiger partial charge in [-0.2, -0.15) is 0 Å². The van der Waals surface area contributed by atoms with Crippen LogP contribution in [-0.4, -0.2) is 7.05 Å². The van der Waals surface area contributed by atoms with Gasteiger partial charge >= 0.3 is 0 Å². The van der Waals surface area contributed by atoms with Gasteiger partial charge in [-0.3, -0.25) is 0 Å². The molecule has 2 rings (SSSR count). The minimum absolute atomic E-state index is 0.408. The minimum Gasteiger partial charge on any atom is -0.457 e. The molecule has 0 aliphatic heterocycles. The summed E-state index contributed by atoms with van der Waals surface area (Å²) in [4.78, 5) is 0. The number of benzene rings is 2. The molecule has 0 aliphatic carbocycles. The van der Waals surface area contributed by atoms with Gasteiger partial charge in [0.25, 0.3) is 0 Å². The van der Waals surface area contributed by atoms with Gasteiger partial charge in [-0.15, -0.1) is 0 Å². The van der Waals surface area contributed by atoms with E-state index in [4.69, 9.17) is 4.74 Å². The molecule has 0 saturated heterocycles. The van der Waals surface area contributed by atoms with Crippen molar-refractivity contribution in [3.05, 3.63) is 59.2 Å². The third-order valence-corrected chi connectivity index (χ3v) is 3.47. The maximum atomic E-state index is 5.92. The van der Waals surface area contributed by atoms with E-state index in [0.717, 1.165) is 17.9 Å². The van der Waals surface area contributed by atoms with E-state index in [0.29, 0.717) is 6.04 Å². The Kier molecular flexibility index (Phi) is 4.80. The Morgan fingerprint density at radius 3 is 2.05 bits per heavy atom. The molecule has 0 radical (unpaired) electrons. The van der Waals surface area contributed by atoms with Crippen molar-refractivity contribution in [1.29, 1.82) is 0 Å². The van der Waals surface area contributed by atoms with E-state index in [1.54, 1.807) is 0 Å². The number of nitrogens with one attached hydrogen (secondary N) is 1. The van der Waals surface area contributed by atoms with Crippen molar-refractivity contribution >= 4 is 0 Å². The normalized spacial score (nSPS) is 12.2. The first-order chi connectivity index (χ1) is 9.62. The van der Waals surface area contributed by atoms with Gasteiger partial charge in [-0.25, -0.2) is 0 Å². The Morgan fingerprint density at radius 2 is 1.55 bits per heavy atom. The summed E-state index contributed by atoms with van der Waals surface area (Å²) in [5.41, 5.74) is 3.73. The molecule has 106 valence electrons. The Balaban J connectivity index is 2.14. The summed E-state index contributed by atoms with van der Waals surface area (Å²) in [7, 11) is 1.99. The second-order valence-electron chi connectivity index (χ2n) is 5.24. The molecule has 2 aromatic rings. The zero-order valence-electron chi connectivity index (χ0n) is 12.7. The molecule has 0 heterocycles. The van der Waals surface area contributed by atoms with E-state index >= 15 is 0 Å². The third kappa shape index (κ3) is 3.61. The van der Waals surface area contributed by atoms with Gasteiger partial charge < -0.3 is 10.1 Å². The van der Waals surface area contributed by atoms with Gasteiger partial charge in [0.05, 0.1) is 0 Å². The lowest BCUT2D eigenvalue weighted by Gasteiger charge is -2.15. The first-order valence-electron chi connectivity index (χ1n) is 7.15. The zero-order chi connectivity index (χ0) is 14.5. The average molecular weight is 269 g/mol. The fourth-order valence-electron chi connectivity index (χ4n) is 2.50. The smallest absolute Gasteiger partial charge is 0.127 e. The van der Waals surface area contributed by atoms with Crippen LogP contribution in [0.5, 0.6) is 11.5 Å². The van der Waals surface area contributed by atoms with E-state index in [-0.39, 0.29) is 0 Å². The van der Waals surface area contributed by atoms with Crippen LogP contribution in [0, 0.1) is 13.8 Å². The van der Waals surface area contributed by atoms with Gasteiger partial charge in [0.15, 0.2) is 0 Å². The molecule has 0 aliphatic rings. The lowest BCUT2D eigenvalue weighted by Crippen LogP contribution is -2.14. The van der Waals surface area contributed by atoms with Crippen LogP contribution >= 0.6 is 0 Å². The molecule has 2 heteroatoms. The summed E-state index contributed by atoms with van der Waals surface area (Å²) in [6.45, 7) is 6.35. The SMILES string of the molecule is CCC(NC)c1ccc(Oc2cc(C)cc(C)c2)cc1. The molecule has 0 fully saturated rings. The average Bonchev–Trinajstić information content (AvgIpc) is 2.41. The maximum absolute atomic E-state index is 5.92. The molecule has 2 aromatic carbocycles. The van der Waals surface area contributed by atoms with Crippen molar-refractivity contribution < 1.29 is 4.74 Å². The fourth-order valence-corrected chi connectivity index (χ4v) is 2.50. The highest BCUT2D eigenvalue weighted by Crippen LogP contribution is 2.25. The topological polar surface area (TPSA) is 21.3 Å². The van der Waals surface area contributed by atoms with Crippen LogP contribution in [0.25, 0.3) is 0 Å². The second-order valence-corrected chi connectivity index (χ2v) is 5.24. The largest absolute Gasteiger partial charge is 0.457 e. The Bertz CT molecular complexity index is 536. The van der Waals surface area contributed by atoms with Gasteiger partial charge in [0, 0.05) is 6.04 Å². The lowest BCUT2D eigenvalue weighted by atomic mass is 10.0. The first kappa shape index (κ1) is 14.6. The summed E-state index contributed by atoms with van der Waals surface area (Å²) in [5, 5.41) is 3.31. The highest BCUT2D eigenvalue weighted by molar-refractivity contribution is 5.38. The van der Waals surface area contributed by atoms with Crippen molar-refractivity contribution in [1.82, 2.24) is 5.32 Å². The quantitative estimate of drug-likeness (QED) is 0.844. The van der Waals surface area contributed by atoms with Gasteiger partial charge in [-0.05, 0) is 68.3 Å². The Morgan fingerprint density at radius 1 is 0.950 bits per heavy atom. The van der Waals surface area contributed by atoms with Gasteiger partial charge in [-0.1, -0.05) is 25.1 Å². The molecule has 0 spiro atoms. The second kappa shape index (κ2) is 6.58. The molecular weight excluding hydrogens is 246 g/mol. The number of hydrogen-bond donors (Lipinski definition) is 1. The van der Waals surface area contributed by atoms with Crippen LogP contribution < -0.4 is 10.1 Å². The van der Waals surface area contributed by atoms with Crippen molar-refractivity contribution in [2.45, 2.75) is 33.2 Å². The molecule has 0 aromatic heterocycles. The monoisotopic (exact) mass is 269 g/mol. The molecule has 1 N–H and O–H groups in total. The van der Waals surface area contributed by atoms with Crippen LogP contribution in [0.3, 0.4) is 0 Å². The van der Waals surface area contributed by atoms with E-state index in [1.807, 2.05) is 19.2 Å². The van der Waals surface area contributed by atoms with Crippen molar-refractivity contribution in [2.24, 2.45) is 0 Å². The number of aryl methyl sites for hydroxylation is 2. The first-order valence-corrected chi connectivity index (χ1v) is 7.15. The molecule has 0 saturated carbocycles. The standard InChI is InChI=1S/C18H23NO/c1-5-18(19-4)15-6-8-16(9-7-15)20-17-11-13(2)10-14(3)12-17/h6-12,18-19H,5H2,1-4H3. The van der Waals surface area contributed by atoms with Crippen molar-refractivity contribution in [2.75, 3.05) is 7.05 Å². The van der Waals surface area contributed by atoms with Crippen molar-refractivity contribution in [3.63, 3.8) is 0 Å². The zero-order valence-corrected chi connectivity index (χ0v) is 12.7. The Hall–Kier alpha value is -1.80. The molecule has 0 amide bonds. The van der Waals surface area contributed by atoms with E-state index < -0.39 is 0 Å². The Labute approximate surface area is 121 Å². The number of rotatable bonds is 5. The predicted octanol–water partition coefficient (Wildman–Crippen LogP) is 4.77. The summed E-state index contributed by atoms with van der Waals surface area (Å²) < 4.78 is 5.92. The molecule has 2 nitrogen and oxygen atoms in total. The predicted molar refractivity (Wildman–Crippen MR) is 84.5 cm³/mol. The van der Waals surface area contributed by atoms with Crippen molar-refractivity contribution in [3.8, 4) is 11.5 Å². The summed E-state index contributed by atoms with van der Waals surface area (Å²) in [6.07, 6.45) is 1.08. The van der Waals surface area contributed by atoms with Crippen LogP contribution in [-0.2, 0) is 0 Å². The minimum atomic E-state index is 0.408. The highest BCUT2D eigenvalue weighted by Gasteiger charge is 2.06. The van der Waals surface area contributed by atoms with Gasteiger partial charge in [0.1, 0.15) is 11.5 Å². The molecule has 20 heavy (non-hydrogen) atoms. The molecular formula is C18H23NO. The van der Waals surface area contributed by atoms with Crippen LogP contribution in [0.1, 0.15) is 36.1 Å². The molecule has 0 bridgehead atoms. The van der Waals surface area contributed by atoms with Gasteiger partial charge in [0.2, 0.25) is 0 Å². The summed E-state index contributed by atoms with van der Waals surface area (Å²) >= 11 is 0. The molecule has 1 unspecified atom stereocenters. The summed E-state index contributed by atoms with van der Waals surface area (Å²) in [6, 6.07) is 15.0. The van der Waals surface area contributed by atoms with E-state index in [1.165, 1.54) is 16.7 Å². The van der Waals surface area contributed by atoms with E-state index in [9.17, 15) is 0 Å².